The molecule has 0 N–H and O–H groups in total. The minimum Gasteiger partial charge on any atom is -0.495 e. The van der Waals surface area contributed by atoms with Crippen molar-refractivity contribution in [1.82, 2.24) is 9.21 Å². The number of sulfonamides is 1. The van der Waals surface area contributed by atoms with Gasteiger partial charge in [0, 0.05) is 32.7 Å². The molecule has 1 fully saturated rings. The molecule has 0 aromatic heterocycles. The van der Waals surface area contributed by atoms with Crippen LogP contribution in [0.3, 0.4) is 0 Å². The summed E-state index contributed by atoms with van der Waals surface area (Å²) in [6.45, 7) is 4.81. The summed E-state index contributed by atoms with van der Waals surface area (Å²) in [7, 11) is -2.10. The van der Waals surface area contributed by atoms with Crippen molar-refractivity contribution in [2.45, 2.75) is 18.4 Å². The summed E-state index contributed by atoms with van der Waals surface area (Å²) >= 11 is 0. The molecule has 2 aromatic carbocycles. The van der Waals surface area contributed by atoms with Crippen LogP contribution in [0.25, 0.3) is 0 Å². The van der Waals surface area contributed by atoms with Gasteiger partial charge in [-0.2, -0.15) is 9.57 Å². The van der Waals surface area contributed by atoms with E-state index in [2.05, 4.69) is 11.0 Å². The molecule has 6 nitrogen and oxygen atoms in total. The molecule has 0 bridgehead atoms. The summed E-state index contributed by atoms with van der Waals surface area (Å²) in [4.78, 5) is 2.45. The zero-order valence-electron chi connectivity index (χ0n) is 15.6. The topological polar surface area (TPSA) is 73.6 Å². The molecule has 1 aliphatic rings. The average molecular weight is 385 g/mol. The number of ether oxygens (including phenoxy) is 1. The minimum atomic E-state index is -3.59. The maximum absolute atomic E-state index is 13.1. The Balaban J connectivity index is 1.67. The lowest BCUT2D eigenvalue weighted by Crippen LogP contribution is -2.48. The monoisotopic (exact) mass is 385 g/mol. The molecule has 0 atom stereocenters. The number of piperazine rings is 1. The van der Waals surface area contributed by atoms with Gasteiger partial charge in [-0.3, -0.25) is 4.90 Å². The van der Waals surface area contributed by atoms with E-state index in [0.717, 1.165) is 17.7 Å². The van der Waals surface area contributed by atoms with Gasteiger partial charge in [-0.15, -0.1) is 0 Å². The fraction of sp³-hybridized carbons (Fsp3) is 0.350. The highest BCUT2D eigenvalue weighted by molar-refractivity contribution is 7.89. The number of methoxy groups -OCH3 is 1. The van der Waals surface area contributed by atoms with Crippen molar-refractivity contribution < 1.29 is 13.2 Å². The summed E-state index contributed by atoms with van der Waals surface area (Å²) in [5.41, 5.74) is 2.64. The van der Waals surface area contributed by atoms with Crippen molar-refractivity contribution in [3.8, 4) is 11.8 Å². The molecule has 142 valence electrons. The van der Waals surface area contributed by atoms with Crippen molar-refractivity contribution in [2.24, 2.45) is 0 Å². The van der Waals surface area contributed by atoms with E-state index in [0.29, 0.717) is 37.5 Å². The highest BCUT2D eigenvalue weighted by Crippen LogP contribution is 2.28. The Hall–Kier alpha value is -2.40. The highest BCUT2D eigenvalue weighted by Gasteiger charge is 2.30. The number of hydrogen-bond donors (Lipinski definition) is 0. The van der Waals surface area contributed by atoms with Crippen LogP contribution in [0.1, 0.15) is 16.7 Å². The van der Waals surface area contributed by atoms with Gasteiger partial charge in [0.1, 0.15) is 10.6 Å². The Kier molecular flexibility index (Phi) is 5.80. The van der Waals surface area contributed by atoms with E-state index in [1.807, 2.05) is 25.1 Å². The average Bonchev–Trinajstić information content (AvgIpc) is 2.69. The predicted molar refractivity (Wildman–Crippen MR) is 103 cm³/mol. The first-order valence-corrected chi connectivity index (χ1v) is 10.2. The van der Waals surface area contributed by atoms with E-state index in [9.17, 15) is 8.42 Å². The van der Waals surface area contributed by atoms with Crippen LogP contribution in [0.4, 0.5) is 0 Å². The zero-order chi connectivity index (χ0) is 19.4. The summed E-state index contributed by atoms with van der Waals surface area (Å²) in [6, 6.07) is 14.8. The van der Waals surface area contributed by atoms with Gasteiger partial charge in [-0.05, 0) is 42.3 Å². The molecule has 0 amide bonds. The number of nitrogens with zero attached hydrogens (tertiary/aromatic N) is 3. The summed E-state index contributed by atoms with van der Waals surface area (Å²) in [6.07, 6.45) is 0. The number of rotatable bonds is 5. The second-order valence-electron chi connectivity index (χ2n) is 6.64. The van der Waals surface area contributed by atoms with Gasteiger partial charge in [0.05, 0.1) is 18.7 Å². The number of hydrogen-bond acceptors (Lipinski definition) is 5. The van der Waals surface area contributed by atoms with Gasteiger partial charge in [-0.1, -0.05) is 18.2 Å². The molecule has 0 aliphatic carbocycles. The van der Waals surface area contributed by atoms with Gasteiger partial charge >= 0.3 is 0 Å². The molecule has 27 heavy (non-hydrogen) atoms. The number of nitriles is 1. The van der Waals surface area contributed by atoms with Crippen molar-refractivity contribution >= 4 is 10.0 Å². The summed E-state index contributed by atoms with van der Waals surface area (Å²) in [5.74, 6) is 0.376. The highest BCUT2D eigenvalue weighted by atomic mass is 32.2. The lowest BCUT2D eigenvalue weighted by molar-refractivity contribution is 0.181. The summed E-state index contributed by atoms with van der Waals surface area (Å²) in [5, 5.41) is 8.87. The van der Waals surface area contributed by atoms with Crippen LogP contribution in [0.15, 0.2) is 47.4 Å². The van der Waals surface area contributed by atoms with Crippen molar-refractivity contribution in [3.63, 3.8) is 0 Å². The van der Waals surface area contributed by atoms with Crippen LogP contribution in [-0.2, 0) is 16.6 Å². The SMILES string of the molecule is COc1ccc(C)cc1S(=O)(=O)N1CCN(Cc2ccc(C#N)cc2)CC1. The molecular weight excluding hydrogens is 362 g/mol. The minimum absolute atomic E-state index is 0.227. The van der Waals surface area contributed by atoms with Gasteiger partial charge in [0.25, 0.3) is 0 Å². The molecule has 3 rings (SSSR count). The lowest BCUT2D eigenvalue weighted by Gasteiger charge is -2.34. The first-order valence-electron chi connectivity index (χ1n) is 8.80. The van der Waals surface area contributed by atoms with E-state index in [4.69, 9.17) is 10.00 Å². The first-order chi connectivity index (χ1) is 12.9. The third kappa shape index (κ3) is 4.30. The maximum atomic E-state index is 13.1. The smallest absolute Gasteiger partial charge is 0.246 e. The molecule has 0 radical (unpaired) electrons. The normalized spacial score (nSPS) is 16.0. The van der Waals surface area contributed by atoms with Crippen molar-refractivity contribution in [1.29, 1.82) is 5.26 Å². The van der Waals surface area contributed by atoms with Gasteiger partial charge in [-0.25, -0.2) is 8.42 Å². The second kappa shape index (κ2) is 8.09. The Morgan fingerprint density at radius 1 is 1.07 bits per heavy atom. The Bertz CT molecular complexity index is 941. The predicted octanol–water partition coefficient (Wildman–Crippen LogP) is 2.38. The molecule has 0 unspecified atom stereocenters. The second-order valence-corrected chi connectivity index (χ2v) is 8.55. The molecule has 0 saturated carbocycles. The fourth-order valence-corrected chi connectivity index (χ4v) is 4.86. The molecule has 1 saturated heterocycles. The Labute approximate surface area is 160 Å². The van der Waals surface area contributed by atoms with Gasteiger partial charge < -0.3 is 4.74 Å². The van der Waals surface area contributed by atoms with Gasteiger partial charge in [0.15, 0.2) is 0 Å². The lowest BCUT2D eigenvalue weighted by atomic mass is 10.1. The zero-order valence-corrected chi connectivity index (χ0v) is 16.4. The van der Waals surface area contributed by atoms with Crippen LogP contribution >= 0.6 is 0 Å². The van der Waals surface area contributed by atoms with Crippen molar-refractivity contribution in [2.75, 3.05) is 33.3 Å². The largest absolute Gasteiger partial charge is 0.495 e. The first kappa shape index (κ1) is 19.4. The van der Waals surface area contributed by atoms with E-state index in [-0.39, 0.29) is 4.90 Å². The van der Waals surface area contributed by atoms with E-state index in [1.165, 1.54) is 11.4 Å². The molecule has 1 aliphatic heterocycles. The third-order valence-corrected chi connectivity index (χ3v) is 6.68. The molecule has 2 aromatic rings. The van der Waals surface area contributed by atoms with E-state index < -0.39 is 10.0 Å². The molecule has 0 spiro atoms. The van der Waals surface area contributed by atoms with Crippen molar-refractivity contribution in [3.05, 3.63) is 59.2 Å². The number of aryl methyl sites for hydroxylation is 1. The molecule has 1 heterocycles. The van der Waals surface area contributed by atoms with Crippen LogP contribution in [-0.4, -0.2) is 50.9 Å². The van der Waals surface area contributed by atoms with E-state index in [1.54, 1.807) is 24.3 Å². The quantitative estimate of drug-likeness (QED) is 0.790. The van der Waals surface area contributed by atoms with Crippen LogP contribution in [0.5, 0.6) is 5.75 Å². The van der Waals surface area contributed by atoms with Gasteiger partial charge in [0.2, 0.25) is 10.0 Å². The molecular formula is C20H23N3O3S. The standard InChI is InChI=1S/C20H23N3O3S/c1-16-3-8-19(26-2)20(13-16)27(24,25)23-11-9-22(10-12-23)15-18-6-4-17(14-21)5-7-18/h3-8,13H,9-12,15H2,1-2H3. The number of benzene rings is 2. The fourth-order valence-electron chi connectivity index (χ4n) is 3.20. The van der Waals surface area contributed by atoms with Crippen LogP contribution in [0.2, 0.25) is 0 Å². The van der Waals surface area contributed by atoms with Crippen LogP contribution in [0, 0.1) is 18.3 Å². The third-order valence-electron chi connectivity index (χ3n) is 4.76. The Morgan fingerprint density at radius 3 is 2.33 bits per heavy atom. The maximum Gasteiger partial charge on any atom is 0.246 e. The van der Waals surface area contributed by atoms with Crippen LogP contribution < -0.4 is 4.74 Å². The summed E-state index contributed by atoms with van der Waals surface area (Å²) < 4.78 is 32.9. The van der Waals surface area contributed by atoms with E-state index >= 15 is 0 Å². The Morgan fingerprint density at radius 2 is 1.74 bits per heavy atom. The molecule has 7 heteroatoms.